The van der Waals surface area contributed by atoms with Crippen molar-refractivity contribution in [1.29, 1.82) is 0 Å². The highest BCUT2D eigenvalue weighted by molar-refractivity contribution is 6.30. The van der Waals surface area contributed by atoms with Crippen LogP contribution in [0.25, 0.3) is 0 Å². The lowest BCUT2D eigenvalue weighted by Crippen LogP contribution is -2.52. The highest BCUT2D eigenvalue weighted by Crippen LogP contribution is 2.36. The molecule has 0 aromatic heterocycles. The molecule has 1 unspecified atom stereocenters. The van der Waals surface area contributed by atoms with Gasteiger partial charge < -0.3 is 14.8 Å². The lowest BCUT2D eigenvalue weighted by Gasteiger charge is -2.38. The van der Waals surface area contributed by atoms with E-state index in [-0.39, 0.29) is 12.0 Å². The van der Waals surface area contributed by atoms with Crippen LogP contribution in [0.3, 0.4) is 0 Å². The van der Waals surface area contributed by atoms with Gasteiger partial charge in [-0.25, -0.2) is 0 Å². The molecule has 0 radical (unpaired) electrons. The standard InChI is InChI=1S/C24H29ClN2O3/c25-21-8-4-7-20(15-21)24(9-12-29-13-10-24)23(28)26-16-22-18-27(11-14-30-22)17-19-5-2-1-3-6-19/h1-8,15,22H,9-14,16-18H2,(H,26,28). The first kappa shape index (κ1) is 21.3. The maximum Gasteiger partial charge on any atom is 0.230 e. The van der Waals surface area contributed by atoms with Gasteiger partial charge in [0.15, 0.2) is 0 Å². The van der Waals surface area contributed by atoms with E-state index >= 15 is 0 Å². The van der Waals surface area contributed by atoms with Crippen molar-refractivity contribution in [3.63, 3.8) is 0 Å². The Morgan fingerprint density at radius 1 is 1.10 bits per heavy atom. The molecular formula is C24H29ClN2O3. The van der Waals surface area contributed by atoms with E-state index in [4.69, 9.17) is 21.1 Å². The minimum Gasteiger partial charge on any atom is -0.381 e. The van der Waals surface area contributed by atoms with Crippen LogP contribution in [0, 0.1) is 0 Å². The van der Waals surface area contributed by atoms with Crippen LogP contribution < -0.4 is 5.32 Å². The van der Waals surface area contributed by atoms with Crippen LogP contribution in [0.4, 0.5) is 0 Å². The van der Waals surface area contributed by atoms with Gasteiger partial charge in [0.05, 0.1) is 18.1 Å². The van der Waals surface area contributed by atoms with E-state index in [2.05, 4.69) is 34.5 Å². The van der Waals surface area contributed by atoms with Crippen molar-refractivity contribution < 1.29 is 14.3 Å². The van der Waals surface area contributed by atoms with Gasteiger partial charge in [-0.2, -0.15) is 0 Å². The fraction of sp³-hybridized carbons (Fsp3) is 0.458. The van der Waals surface area contributed by atoms with Crippen molar-refractivity contribution >= 4 is 17.5 Å². The Bertz CT molecular complexity index is 839. The maximum absolute atomic E-state index is 13.4. The van der Waals surface area contributed by atoms with Crippen LogP contribution >= 0.6 is 11.6 Å². The molecule has 0 bridgehead atoms. The molecule has 6 heteroatoms. The first-order valence-electron chi connectivity index (χ1n) is 10.7. The Balaban J connectivity index is 1.38. The molecule has 2 heterocycles. The Kier molecular flexibility index (Phi) is 7.05. The molecule has 0 spiro atoms. The number of carbonyl (C=O) groups is 1. The van der Waals surface area contributed by atoms with Gasteiger partial charge in [-0.3, -0.25) is 9.69 Å². The number of nitrogens with zero attached hydrogens (tertiary/aromatic N) is 1. The summed E-state index contributed by atoms with van der Waals surface area (Å²) in [5, 5.41) is 3.83. The van der Waals surface area contributed by atoms with Crippen molar-refractivity contribution in [2.75, 3.05) is 39.5 Å². The summed E-state index contributed by atoms with van der Waals surface area (Å²) in [7, 11) is 0. The van der Waals surface area contributed by atoms with Gasteiger partial charge in [0.1, 0.15) is 0 Å². The molecule has 2 saturated heterocycles. The minimum atomic E-state index is -0.596. The largest absolute Gasteiger partial charge is 0.381 e. The Morgan fingerprint density at radius 2 is 1.90 bits per heavy atom. The zero-order valence-electron chi connectivity index (χ0n) is 17.2. The normalized spacial score (nSPS) is 21.8. The molecule has 5 nitrogen and oxygen atoms in total. The third-order valence-corrected chi connectivity index (χ3v) is 6.36. The second-order valence-electron chi connectivity index (χ2n) is 8.13. The van der Waals surface area contributed by atoms with E-state index in [1.165, 1.54) is 5.56 Å². The molecule has 160 valence electrons. The second-order valence-corrected chi connectivity index (χ2v) is 8.56. The van der Waals surface area contributed by atoms with E-state index in [1.807, 2.05) is 30.3 Å². The maximum atomic E-state index is 13.4. The zero-order chi connectivity index (χ0) is 20.8. The molecule has 1 N–H and O–H groups in total. The first-order valence-corrected chi connectivity index (χ1v) is 11.0. The third-order valence-electron chi connectivity index (χ3n) is 6.12. The van der Waals surface area contributed by atoms with Gasteiger partial charge in [-0.1, -0.05) is 54.1 Å². The molecule has 2 aromatic rings. The average Bonchev–Trinajstić information content (AvgIpc) is 2.79. The number of benzene rings is 2. The summed E-state index contributed by atoms with van der Waals surface area (Å²) < 4.78 is 11.5. The van der Waals surface area contributed by atoms with Gasteiger partial charge in [-0.15, -0.1) is 0 Å². The molecule has 2 aliphatic heterocycles. The van der Waals surface area contributed by atoms with Crippen LogP contribution in [-0.4, -0.2) is 56.4 Å². The van der Waals surface area contributed by atoms with Crippen LogP contribution in [0.5, 0.6) is 0 Å². The quantitative estimate of drug-likeness (QED) is 0.766. The molecular weight excluding hydrogens is 400 g/mol. The summed E-state index contributed by atoms with van der Waals surface area (Å²) in [5.41, 5.74) is 1.66. The summed E-state index contributed by atoms with van der Waals surface area (Å²) in [4.78, 5) is 15.8. The zero-order valence-corrected chi connectivity index (χ0v) is 17.9. The number of amides is 1. The van der Waals surface area contributed by atoms with Gasteiger partial charge in [-0.05, 0) is 36.1 Å². The number of rotatable bonds is 6. The number of hydrogen-bond donors (Lipinski definition) is 1. The van der Waals surface area contributed by atoms with Crippen LogP contribution in [0.15, 0.2) is 54.6 Å². The number of halogens is 1. The van der Waals surface area contributed by atoms with Gasteiger partial charge in [0, 0.05) is 44.4 Å². The Hall–Kier alpha value is -1.92. The van der Waals surface area contributed by atoms with E-state index in [0.717, 1.165) is 25.2 Å². The SMILES string of the molecule is O=C(NCC1CN(Cc2ccccc2)CCO1)C1(c2cccc(Cl)c2)CCOCC1. The van der Waals surface area contributed by atoms with E-state index in [0.29, 0.717) is 44.2 Å². The lowest BCUT2D eigenvalue weighted by atomic mass is 9.73. The van der Waals surface area contributed by atoms with E-state index in [9.17, 15) is 4.79 Å². The summed E-state index contributed by atoms with van der Waals surface area (Å²) in [6.45, 7) is 4.95. The Morgan fingerprint density at radius 3 is 2.67 bits per heavy atom. The molecule has 0 aliphatic carbocycles. The van der Waals surface area contributed by atoms with Gasteiger partial charge in [0.2, 0.25) is 5.91 Å². The predicted octanol–water partition coefficient (Wildman–Crippen LogP) is 3.41. The molecule has 2 fully saturated rings. The van der Waals surface area contributed by atoms with Gasteiger partial charge in [0.25, 0.3) is 0 Å². The van der Waals surface area contributed by atoms with Crippen molar-refractivity contribution in [2.45, 2.75) is 30.9 Å². The van der Waals surface area contributed by atoms with E-state index in [1.54, 1.807) is 0 Å². The molecule has 4 rings (SSSR count). The molecule has 1 amide bonds. The highest BCUT2D eigenvalue weighted by Gasteiger charge is 2.42. The summed E-state index contributed by atoms with van der Waals surface area (Å²) in [6, 6.07) is 18.1. The number of nitrogens with one attached hydrogen (secondary N) is 1. The molecule has 0 saturated carbocycles. The molecule has 2 aromatic carbocycles. The average molecular weight is 429 g/mol. The second kappa shape index (κ2) is 9.92. The summed E-state index contributed by atoms with van der Waals surface area (Å²) in [6.07, 6.45) is 1.30. The fourth-order valence-corrected chi connectivity index (χ4v) is 4.61. The van der Waals surface area contributed by atoms with Crippen molar-refractivity contribution in [3.05, 3.63) is 70.7 Å². The van der Waals surface area contributed by atoms with Crippen molar-refractivity contribution in [1.82, 2.24) is 10.2 Å². The number of ether oxygens (including phenoxy) is 2. The monoisotopic (exact) mass is 428 g/mol. The Labute approximate surface area is 183 Å². The number of morpholine rings is 1. The summed E-state index contributed by atoms with van der Waals surface area (Å²) >= 11 is 6.22. The highest BCUT2D eigenvalue weighted by atomic mass is 35.5. The summed E-state index contributed by atoms with van der Waals surface area (Å²) in [5.74, 6) is 0.0387. The van der Waals surface area contributed by atoms with Crippen molar-refractivity contribution in [3.8, 4) is 0 Å². The smallest absolute Gasteiger partial charge is 0.230 e. The molecule has 30 heavy (non-hydrogen) atoms. The van der Waals surface area contributed by atoms with Crippen LogP contribution in [-0.2, 0) is 26.2 Å². The topological polar surface area (TPSA) is 50.8 Å². The third kappa shape index (κ3) is 5.03. The molecule has 1 atom stereocenters. The number of hydrogen-bond acceptors (Lipinski definition) is 4. The predicted molar refractivity (Wildman–Crippen MR) is 118 cm³/mol. The van der Waals surface area contributed by atoms with Gasteiger partial charge >= 0.3 is 0 Å². The minimum absolute atomic E-state index is 0.0114. The van der Waals surface area contributed by atoms with Crippen LogP contribution in [0.1, 0.15) is 24.0 Å². The number of carbonyl (C=O) groups excluding carboxylic acids is 1. The van der Waals surface area contributed by atoms with Crippen LogP contribution in [0.2, 0.25) is 5.02 Å². The van der Waals surface area contributed by atoms with Crippen molar-refractivity contribution in [2.24, 2.45) is 0 Å². The fourth-order valence-electron chi connectivity index (χ4n) is 4.42. The lowest BCUT2D eigenvalue weighted by molar-refractivity contribution is -0.131. The van der Waals surface area contributed by atoms with E-state index < -0.39 is 5.41 Å². The molecule has 2 aliphatic rings. The first-order chi connectivity index (χ1) is 14.7.